The number of halogens is 2. The minimum atomic E-state index is 0.0739. The molecule has 0 aliphatic rings. The Morgan fingerprint density at radius 1 is 1.11 bits per heavy atom. The Morgan fingerprint density at radius 2 is 1.94 bits per heavy atom. The molecule has 102 valence electrons. The lowest BCUT2D eigenvalue weighted by molar-refractivity contribution is 0.0691. The Kier molecular flexibility index (Phi) is 7.91. The monoisotopic (exact) mass is 294 g/mol. The van der Waals surface area contributed by atoms with Gasteiger partial charge in [-0.15, -0.1) is 10.2 Å². The average molecular weight is 295 g/mol. The van der Waals surface area contributed by atoms with E-state index in [0.29, 0.717) is 25.6 Å². The topological polar surface area (TPSA) is 69.2 Å². The van der Waals surface area contributed by atoms with Gasteiger partial charge in [0.1, 0.15) is 0 Å². The maximum absolute atomic E-state index is 5.80. The van der Waals surface area contributed by atoms with Gasteiger partial charge < -0.3 is 14.8 Å². The molecule has 0 aliphatic carbocycles. The third kappa shape index (κ3) is 6.30. The highest BCUT2D eigenvalue weighted by molar-refractivity contribution is 6.32. The van der Waals surface area contributed by atoms with E-state index in [-0.39, 0.29) is 10.4 Å². The van der Waals surface area contributed by atoms with Crippen molar-refractivity contribution in [1.82, 2.24) is 15.2 Å². The second-order valence-corrected chi connectivity index (χ2v) is 4.16. The molecule has 0 saturated heterocycles. The fourth-order valence-electron chi connectivity index (χ4n) is 1.19. The number of ether oxygens (including phenoxy) is 2. The van der Waals surface area contributed by atoms with Gasteiger partial charge in [0.15, 0.2) is 11.0 Å². The number of unbranched alkanes of at least 4 members (excludes halogenated alkanes) is 1. The van der Waals surface area contributed by atoms with E-state index in [1.54, 1.807) is 7.11 Å². The van der Waals surface area contributed by atoms with Crippen LogP contribution in [-0.4, -0.2) is 48.7 Å². The lowest BCUT2D eigenvalue weighted by atomic mass is 10.3. The summed E-state index contributed by atoms with van der Waals surface area (Å²) in [6.45, 7) is 2.68. The number of anilines is 1. The summed E-state index contributed by atoms with van der Waals surface area (Å²) in [5.74, 6) is 0.456. The van der Waals surface area contributed by atoms with E-state index >= 15 is 0 Å². The number of hydrogen-bond acceptors (Lipinski definition) is 6. The third-order valence-corrected chi connectivity index (χ3v) is 2.47. The first-order valence-corrected chi connectivity index (χ1v) is 6.36. The van der Waals surface area contributed by atoms with Crippen molar-refractivity contribution in [1.29, 1.82) is 0 Å². The Morgan fingerprint density at radius 3 is 2.72 bits per heavy atom. The van der Waals surface area contributed by atoms with Crippen LogP contribution in [0.3, 0.4) is 0 Å². The van der Waals surface area contributed by atoms with Gasteiger partial charge in [0.05, 0.1) is 13.2 Å². The summed E-state index contributed by atoms with van der Waals surface area (Å²) in [7, 11) is 1.65. The van der Waals surface area contributed by atoms with E-state index in [4.69, 9.17) is 32.7 Å². The summed E-state index contributed by atoms with van der Waals surface area (Å²) < 4.78 is 10.2. The first kappa shape index (κ1) is 15.4. The number of hydrogen-bond donors (Lipinski definition) is 1. The largest absolute Gasteiger partial charge is 0.382 e. The van der Waals surface area contributed by atoms with Gasteiger partial charge in [0.25, 0.3) is 0 Å². The van der Waals surface area contributed by atoms with Crippen LogP contribution in [0, 0.1) is 0 Å². The number of rotatable bonds is 9. The smallest absolute Gasteiger partial charge is 0.245 e. The molecule has 1 rings (SSSR count). The molecular formula is C10H16Cl2N4O2. The van der Waals surface area contributed by atoms with Crippen LogP contribution in [0.4, 0.5) is 5.82 Å². The van der Waals surface area contributed by atoms with Crippen LogP contribution in [0.1, 0.15) is 12.8 Å². The van der Waals surface area contributed by atoms with E-state index < -0.39 is 0 Å². The highest BCUT2D eigenvalue weighted by Gasteiger charge is 2.04. The molecule has 0 bridgehead atoms. The summed E-state index contributed by atoms with van der Waals surface area (Å²) in [5, 5.41) is 10.5. The first-order chi connectivity index (χ1) is 8.74. The van der Waals surface area contributed by atoms with E-state index in [0.717, 1.165) is 19.4 Å². The van der Waals surface area contributed by atoms with Crippen molar-refractivity contribution in [2.45, 2.75) is 12.8 Å². The van der Waals surface area contributed by atoms with Crippen molar-refractivity contribution >= 4 is 29.0 Å². The zero-order valence-corrected chi connectivity index (χ0v) is 11.7. The first-order valence-electron chi connectivity index (χ1n) is 5.60. The Hall–Kier alpha value is -0.690. The number of aromatic nitrogens is 3. The summed E-state index contributed by atoms with van der Waals surface area (Å²) in [4.78, 5) is 3.93. The maximum Gasteiger partial charge on any atom is 0.245 e. The summed E-state index contributed by atoms with van der Waals surface area (Å²) in [6.07, 6.45) is 1.88. The van der Waals surface area contributed by atoms with Crippen LogP contribution in [-0.2, 0) is 9.47 Å². The zero-order valence-electron chi connectivity index (χ0n) is 10.2. The molecule has 0 spiro atoms. The highest BCUT2D eigenvalue weighted by atomic mass is 35.5. The van der Waals surface area contributed by atoms with Gasteiger partial charge in [0, 0.05) is 20.3 Å². The van der Waals surface area contributed by atoms with Crippen molar-refractivity contribution in [2.75, 3.05) is 38.8 Å². The molecule has 0 amide bonds. The molecule has 1 heterocycles. The normalized spacial score (nSPS) is 10.6. The summed E-state index contributed by atoms with van der Waals surface area (Å²) >= 11 is 11.4. The quantitative estimate of drug-likeness (QED) is 0.703. The Bertz CT molecular complexity index is 355. The molecule has 0 atom stereocenters. The number of nitrogens with one attached hydrogen (secondary N) is 1. The molecule has 0 aromatic carbocycles. The van der Waals surface area contributed by atoms with E-state index in [9.17, 15) is 0 Å². The lowest BCUT2D eigenvalue weighted by Crippen LogP contribution is -2.08. The minimum Gasteiger partial charge on any atom is -0.382 e. The van der Waals surface area contributed by atoms with E-state index in [1.807, 2.05) is 0 Å². The molecule has 0 radical (unpaired) electrons. The van der Waals surface area contributed by atoms with Gasteiger partial charge in [-0.2, -0.15) is 4.98 Å². The highest BCUT2D eigenvalue weighted by Crippen LogP contribution is 2.16. The standard InChI is InChI=1S/C10H16Cl2N4O2/c1-17-6-7-18-5-3-2-4-13-9-8(11)15-16-10(12)14-9/h2-7H2,1H3,(H,13,14,16). The van der Waals surface area contributed by atoms with Gasteiger partial charge >= 0.3 is 0 Å². The van der Waals surface area contributed by atoms with Gasteiger partial charge in [-0.25, -0.2) is 0 Å². The van der Waals surface area contributed by atoms with Crippen molar-refractivity contribution in [3.8, 4) is 0 Å². The predicted octanol–water partition coefficient (Wildman–Crippen LogP) is 2.03. The van der Waals surface area contributed by atoms with Crippen molar-refractivity contribution < 1.29 is 9.47 Å². The maximum atomic E-state index is 5.80. The summed E-state index contributed by atoms with van der Waals surface area (Å²) in [6, 6.07) is 0. The van der Waals surface area contributed by atoms with E-state index in [1.165, 1.54) is 0 Å². The molecule has 8 heteroatoms. The Balaban J connectivity index is 2.09. The SMILES string of the molecule is COCCOCCCCNc1nc(Cl)nnc1Cl. The van der Waals surface area contributed by atoms with Gasteiger partial charge in [-0.3, -0.25) is 0 Å². The molecule has 6 nitrogen and oxygen atoms in total. The summed E-state index contributed by atoms with van der Waals surface area (Å²) in [5.41, 5.74) is 0. The second-order valence-electron chi connectivity index (χ2n) is 3.46. The molecule has 1 aromatic rings. The Labute approximate surface area is 116 Å². The van der Waals surface area contributed by atoms with Gasteiger partial charge in [-0.1, -0.05) is 11.6 Å². The van der Waals surface area contributed by atoms with Crippen LogP contribution in [0.5, 0.6) is 0 Å². The molecule has 1 aromatic heterocycles. The van der Waals surface area contributed by atoms with E-state index in [2.05, 4.69) is 20.5 Å². The fraction of sp³-hybridized carbons (Fsp3) is 0.700. The fourth-order valence-corrected chi connectivity index (χ4v) is 1.46. The molecule has 0 aliphatic heterocycles. The van der Waals surface area contributed by atoms with Crippen LogP contribution >= 0.6 is 23.2 Å². The zero-order chi connectivity index (χ0) is 13.2. The number of methoxy groups -OCH3 is 1. The van der Waals surface area contributed by atoms with Crippen LogP contribution in [0.25, 0.3) is 0 Å². The molecule has 0 fully saturated rings. The van der Waals surface area contributed by atoms with Crippen molar-refractivity contribution in [3.05, 3.63) is 10.4 Å². The van der Waals surface area contributed by atoms with Crippen LogP contribution in [0.2, 0.25) is 10.4 Å². The molecule has 0 saturated carbocycles. The molecule has 0 unspecified atom stereocenters. The predicted molar refractivity (Wildman–Crippen MR) is 70.3 cm³/mol. The molecular weight excluding hydrogens is 279 g/mol. The van der Waals surface area contributed by atoms with Crippen molar-refractivity contribution in [3.63, 3.8) is 0 Å². The minimum absolute atomic E-state index is 0.0739. The van der Waals surface area contributed by atoms with Crippen LogP contribution < -0.4 is 5.32 Å². The molecule has 1 N–H and O–H groups in total. The van der Waals surface area contributed by atoms with Gasteiger partial charge in [0.2, 0.25) is 5.28 Å². The van der Waals surface area contributed by atoms with Crippen molar-refractivity contribution in [2.24, 2.45) is 0 Å². The van der Waals surface area contributed by atoms with Gasteiger partial charge in [-0.05, 0) is 24.4 Å². The number of nitrogens with zero attached hydrogens (tertiary/aromatic N) is 3. The van der Waals surface area contributed by atoms with Crippen LogP contribution in [0.15, 0.2) is 0 Å². The third-order valence-electron chi connectivity index (χ3n) is 2.06. The second kappa shape index (κ2) is 9.27. The average Bonchev–Trinajstić information content (AvgIpc) is 2.36. The lowest BCUT2D eigenvalue weighted by Gasteiger charge is -2.06. The molecule has 18 heavy (non-hydrogen) atoms.